The van der Waals surface area contributed by atoms with E-state index >= 15 is 0 Å². The van der Waals surface area contributed by atoms with Crippen LogP contribution < -0.4 is 0 Å². The molecule has 0 saturated heterocycles. The van der Waals surface area contributed by atoms with Gasteiger partial charge in [-0.2, -0.15) is 0 Å². The first-order chi connectivity index (χ1) is 10.8. The zero-order valence-corrected chi connectivity index (χ0v) is 16.0. The minimum absolute atomic E-state index is 0.0896. The van der Waals surface area contributed by atoms with Gasteiger partial charge in [-0.05, 0) is 57.3 Å². The molecule has 5 heteroatoms. The molecule has 0 bridgehead atoms. The highest BCUT2D eigenvalue weighted by Crippen LogP contribution is 2.58. The Hall–Kier alpha value is -0.730. The topological polar surface area (TPSA) is 30.7 Å². The first-order valence-corrected chi connectivity index (χ1v) is 9.73. The van der Waals surface area contributed by atoms with Gasteiger partial charge < -0.3 is 0 Å². The number of nitrogens with zero attached hydrogens (tertiary/aromatic N) is 3. The van der Waals surface area contributed by atoms with E-state index in [4.69, 9.17) is 0 Å². The molecule has 0 spiro atoms. The SMILES string of the molecule is CBC(C)(C)C[C@@H]1[C@@H]2CCc3c(nnn3C(C)(C)BC)CC[C@@H]21. The van der Waals surface area contributed by atoms with Crippen LogP contribution in [0.2, 0.25) is 19.0 Å². The summed E-state index contributed by atoms with van der Waals surface area (Å²) < 4.78 is 2.23. The van der Waals surface area contributed by atoms with Gasteiger partial charge in [0.15, 0.2) is 7.28 Å². The summed E-state index contributed by atoms with van der Waals surface area (Å²) in [4.78, 5) is 0. The molecule has 0 amide bonds. The van der Waals surface area contributed by atoms with E-state index in [-0.39, 0.29) is 5.44 Å². The average molecular weight is 313 g/mol. The predicted molar refractivity (Wildman–Crippen MR) is 101 cm³/mol. The van der Waals surface area contributed by atoms with Gasteiger partial charge in [-0.1, -0.05) is 44.4 Å². The van der Waals surface area contributed by atoms with Gasteiger partial charge >= 0.3 is 0 Å². The second-order valence-electron chi connectivity index (χ2n) is 9.35. The van der Waals surface area contributed by atoms with E-state index in [1.165, 1.54) is 44.4 Å². The quantitative estimate of drug-likeness (QED) is 0.781. The van der Waals surface area contributed by atoms with Crippen LogP contribution in [0.5, 0.6) is 0 Å². The molecule has 1 fully saturated rings. The zero-order chi connectivity index (χ0) is 16.8. The van der Waals surface area contributed by atoms with Crippen molar-refractivity contribution in [3.63, 3.8) is 0 Å². The maximum absolute atomic E-state index is 4.55. The molecule has 0 aromatic carbocycles. The van der Waals surface area contributed by atoms with E-state index in [1.54, 1.807) is 0 Å². The lowest BCUT2D eigenvalue weighted by Gasteiger charge is -2.25. The minimum Gasteiger partial charge on any atom is -0.252 e. The standard InChI is InChI=1S/C18H33B2N3/c1-17(2,19-5)11-14-12-7-9-15-16(10-8-13(12)14)23(22-21-15)18(3,4)20-6/h12-14,19-20H,7-11H2,1-6H3/t12-,13+,14-/m0/s1. The maximum Gasteiger partial charge on any atom is 0.152 e. The molecular weight excluding hydrogens is 280 g/mol. The molecule has 1 saturated carbocycles. The normalized spacial score (nSPS) is 27.5. The smallest absolute Gasteiger partial charge is 0.152 e. The van der Waals surface area contributed by atoms with Crippen LogP contribution in [0.1, 0.15) is 58.3 Å². The molecule has 0 aliphatic heterocycles. The Balaban J connectivity index is 1.72. The monoisotopic (exact) mass is 313 g/mol. The second kappa shape index (κ2) is 5.97. The lowest BCUT2D eigenvalue weighted by Crippen LogP contribution is -2.34. The number of rotatable bonds is 5. The van der Waals surface area contributed by atoms with Crippen molar-refractivity contribution < 1.29 is 0 Å². The summed E-state index contributed by atoms with van der Waals surface area (Å²) in [5.41, 5.74) is 2.80. The summed E-state index contributed by atoms with van der Waals surface area (Å²) in [6.07, 6.45) is 6.40. The Morgan fingerprint density at radius 1 is 1.04 bits per heavy atom. The summed E-state index contributed by atoms with van der Waals surface area (Å²) in [5.74, 6) is 2.88. The molecule has 2 aliphatic rings. The van der Waals surface area contributed by atoms with Crippen molar-refractivity contribution in [1.29, 1.82) is 0 Å². The van der Waals surface area contributed by atoms with Gasteiger partial charge in [0.2, 0.25) is 0 Å². The fourth-order valence-electron chi connectivity index (χ4n) is 4.49. The van der Waals surface area contributed by atoms with Crippen molar-refractivity contribution in [2.45, 2.75) is 84.2 Å². The Labute approximate surface area is 143 Å². The van der Waals surface area contributed by atoms with E-state index in [2.05, 4.69) is 56.3 Å². The van der Waals surface area contributed by atoms with Gasteiger partial charge in [0.05, 0.1) is 11.4 Å². The molecule has 23 heavy (non-hydrogen) atoms. The highest BCUT2D eigenvalue weighted by Gasteiger charge is 2.51. The largest absolute Gasteiger partial charge is 0.252 e. The van der Waals surface area contributed by atoms with Gasteiger partial charge in [-0.15, -0.1) is 5.10 Å². The van der Waals surface area contributed by atoms with Crippen molar-refractivity contribution in [2.75, 3.05) is 0 Å². The molecule has 1 aromatic heterocycles. The number of fused-ring (bicyclic) bond motifs is 2. The first-order valence-electron chi connectivity index (χ1n) is 9.73. The van der Waals surface area contributed by atoms with Gasteiger partial charge in [-0.25, -0.2) is 0 Å². The molecule has 2 aliphatic carbocycles. The third kappa shape index (κ3) is 3.25. The lowest BCUT2D eigenvalue weighted by molar-refractivity contribution is 0.421. The van der Waals surface area contributed by atoms with Gasteiger partial charge in [0.25, 0.3) is 0 Å². The summed E-state index contributed by atoms with van der Waals surface area (Å²) in [6.45, 7) is 14.0. The molecule has 3 nitrogen and oxygen atoms in total. The molecule has 126 valence electrons. The summed E-state index contributed by atoms with van der Waals surface area (Å²) in [5, 5.41) is 9.59. The first kappa shape index (κ1) is 17.1. The minimum atomic E-state index is 0.0896. The van der Waals surface area contributed by atoms with Gasteiger partial charge in [0, 0.05) is 5.44 Å². The summed E-state index contributed by atoms with van der Waals surface area (Å²) >= 11 is 0. The van der Waals surface area contributed by atoms with Gasteiger partial charge in [-0.3, -0.25) is 4.68 Å². The van der Waals surface area contributed by atoms with E-state index in [1.807, 2.05) is 0 Å². The van der Waals surface area contributed by atoms with Crippen LogP contribution in [0.3, 0.4) is 0 Å². The predicted octanol–water partition coefficient (Wildman–Crippen LogP) is 3.27. The second-order valence-corrected chi connectivity index (χ2v) is 9.35. The lowest BCUT2D eigenvalue weighted by atomic mass is 9.54. The van der Waals surface area contributed by atoms with Crippen molar-refractivity contribution in [2.24, 2.45) is 17.8 Å². The van der Waals surface area contributed by atoms with Crippen LogP contribution in [0, 0.1) is 17.8 Å². The van der Waals surface area contributed by atoms with Crippen LogP contribution in [-0.4, -0.2) is 29.6 Å². The van der Waals surface area contributed by atoms with Crippen LogP contribution in [-0.2, 0) is 18.3 Å². The van der Waals surface area contributed by atoms with E-state index < -0.39 is 0 Å². The summed E-state index contributed by atoms with van der Waals surface area (Å²) in [6, 6.07) is 0. The zero-order valence-electron chi connectivity index (χ0n) is 16.0. The Kier molecular flexibility index (Phi) is 4.44. The average Bonchev–Trinajstić information content (AvgIpc) is 2.92. The third-order valence-corrected chi connectivity index (χ3v) is 6.97. The van der Waals surface area contributed by atoms with E-state index in [0.717, 1.165) is 31.5 Å². The van der Waals surface area contributed by atoms with Crippen LogP contribution in [0.15, 0.2) is 0 Å². The molecule has 3 rings (SSSR count). The van der Waals surface area contributed by atoms with Crippen LogP contribution in [0.4, 0.5) is 0 Å². The third-order valence-electron chi connectivity index (χ3n) is 6.97. The molecule has 0 radical (unpaired) electrons. The number of aryl methyl sites for hydroxylation is 1. The number of hydrogen-bond acceptors (Lipinski definition) is 2. The van der Waals surface area contributed by atoms with E-state index in [0.29, 0.717) is 5.31 Å². The highest BCUT2D eigenvalue weighted by atomic mass is 15.5. The van der Waals surface area contributed by atoms with Crippen molar-refractivity contribution in [1.82, 2.24) is 15.0 Å². The molecule has 1 aromatic rings. The fraction of sp³-hybridized carbons (Fsp3) is 0.889. The van der Waals surface area contributed by atoms with Crippen molar-refractivity contribution in [3.8, 4) is 0 Å². The van der Waals surface area contributed by atoms with Gasteiger partial charge in [0.1, 0.15) is 7.28 Å². The highest BCUT2D eigenvalue weighted by molar-refractivity contribution is 6.37. The Bertz CT molecular complexity index is 565. The fourth-order valence-corrected chi connectivity index (χ4v) is 4.49. The number of aromatic nitrogens is 3. The summed E-state index contributed by atoms with van der Waals surface area (Å²) in [7, 11) is 2.40. The Morgan fingerprint density at radius 3 is 2.30 bits per heavy atom. The maximum atomic E-state index is 4.55. The van der Waals surface area contributed by atoms with E-state index in [9.17, 15) is 0 Å². The molecule has 1 heterocycles. The van der Waals surface area contributed by atoms with Crippen LogP contribution >= 0.6 is 0 Å². The molecule has 3 atom stereocenters. The molecule has 0 N–H and O–H groups in total. The van der Waals surface area contributed by atoms with Crippen molar-refractivity contribution in [3.05, 3.63) is 11.4 Å². The number of hydrogen-bond donors (Lipinski definition) is 0. The van der Waals surface area contributed by atoms with Crippen LogP contribution in [0.25, 0.3) is 0 Å². The Morgan fingerprint density at radius 2 is 1.70 bits per heavy atom. The van der Waals surface area contributed by atoms with Crippen molar-refractivity contribution >= 4 is 14.6 Å². The molecular formula is C18H33B2N3. The molecule has 0 unspecified atom stereocenters.